The molecule has 0 aromatic rings. The summed E-state index contributed by atoms with van der Waals surface area (Å²) >= 11 is 0. The van der Waals surface area contributed by atoms with Crippen molar-refractivity contribution in [2.75, 3.05) is 0 Å². The fourth-order valence-corrected chi connectivity index (χ4v) is 3.15. The van der Waals surface area contributed by atoms with Crippen molar-refractivity contribution in [3.05, 3.63) is 0 Å². The van der Waals surface area contributed by atoms with E-state index in [9.17, 15) is 14.7 Å². The highest BCUT2D eigenvalue weighted by Gasteiger charge is 2.33. The standard InChI is InChI=1S/C15H27NO4/c1-3-7-15(20,8-4-2)10-13(17)16-12-6-5-11(9-12)14(18)19/h11-12,20H,3-10H2,1-2H3,(H,16,17)(H,18,19)/t11-,12+/m1/s1. The number of carbonyl (C=O) groups excluding carboxylic acids is 1. The Kier molecular flexibility index (Phi) is 6.46. The number of hydrogen-bond donors (Lipinski definition) is 3. The molecule has 1 aliphatic carbocycles. The van der Waals surface area contributed by atoms with E-state index in [1.807, 2.05) is 13.8 Å². The van der Waals surface area contributed by atoms with Gasteiger partial charge in [-0.15, -0.1) is 0 Å². The molecule has 0 radical (unpaired) electrons. The number of carbonyl (C=O) groups is 2. The van der Waals surface area contributed by atoms with E-state index in [4.69, 9.17) is 5.11 Å². The minimum absolute atomic E-state index is 0.0592. The number of carboxylic acids is 1. The molecule has 0 unspecified atom stereocenters. The summed E-state index contributed by atoms with van der Waals surface area (Å²) in [5.74, 6) is -1.29. The Morgan fingerprint density at radius 3 is 2.25 bits per heavy atom. The van der Waals surface area contributed by atoms with Crippen LogP contribution >= 0.6 is 0 Å². The highest BCUT2D eigenvalue weighted by Crippen LogP contribution is 2.27. The van der Waals surface area contributed by atoms with Gasteiger partial charge in [0, 0.05) is 6.04 Å². The second-order valence-corrected chi connectivity index (χ2v) is 6.01. The van der Waals surface area contributed by atoms with E-state index in [0.717, 1.165) is 12.8 Å². The van der Waals surface area contributed by atoms with Gasteiger partial charge in [0.2, 0.25) is 5.91 Å². The van der Waals surface area contributed by atoms with Crippen molar-refractivity contribution < 1.29 is 19.8 Å². The summed E-state index contributed by atoms with van der Waals surface area (Å²) in [6.45, 7) is 3.99. The Hall–Kier alpha value is -1.10. The van der Waals surface area contributed by atoms with E-state index in [1.165, 1.54) is 0 Å². The predicted octanol–water partition coefficient (Wildman–Crippen LogP) is 2.08. The van der Waals surface area contributed by atoms with Gasteiger partial charge in [-0.3, -0.25) is 9.59 Å². The van der Waals surface area contributed by atoms with Crippen LogP contribution in [0.4, 0.5) is 0 Å². The quantitative estimate of drug-likeness (QED) is 0.637. The monoisotopic (exact) mass is 285 g/mol. The van der Waals surface area contributed by atoms with Crippen LogP contribution in [-0.4, -0.2) is 33.7 Å². The van der Waals surface area contributed by atoms with E-state index in [-0.39, 0.29) is 24.3 Å². The Morgan fingerprint density at radius 1 is 1.20 bits per heavy atom. The third-order valence-electron chi connectivity index (χ3n) is 4.07. The number of aliphatic carboxylic acids is 1. The number of nitrogens with one attached hydrogen (secondary N) is 1. The lowest BCUT2D eigenvalue weighted by molar-refractivity contribution is -0.141. The van der Waals surface area contributed by atoms with Crippen LogP contribution in [0.25, 0.3) is 0 Å². The van der Waals surface area contributed by atoms with Crippen LogP contribution in [0.1, 0.15) is 65.2 Å². The molecule has 0 aliphatic heterocycles. The van der Waals surface area contributed by atoms with E-state index >= 15 is 0 Å². The highest BCUT2D eigenvalue weighted by atomic mass is 16.4. The molecule has 0 aromatic carbocycles. The van der Waals surface area contributed by atoms with Crippen LogP contribution in [0.3, 0.4) is 0 Å². The lowest BCUT2D eigenvalue weighted by Crippen LogP contribution is -2.40. The molecule has 1 rings (SSSR count). The van der Waals surface area contributed by atoms with E-state index in [2.05, 4.69) is 5.32 Å². The molecule has 5 heteroatoms. The molecule has 0 spiro atoms. The number of carboxylic acid groups (broad SMARTS) is 1. The van der Waals surface area contributed by atoms with Crippen LogP contribution < -0.4 is 5.32 Å². The molecule has 1 fully saturated rings. The van der Waals surface area contributed by atoms with Crippen molar-refractivity contribution in [3.8, 4) is 0 Å². The summed E-state index contributed by atoms with van der Waals surface area (Å²) in [7, 11) is 0. The van der Waals surface area contributed by atoms with Gasteiger partial charge in [0.25, 0.3) is 0 Å². The summed E-state index contributed by atoms with van der Waals surface area (Å²) in [4.78, 5) is 22.9. The summed E-state index contributed by atoms with van der Waals surface area (Å²) in [5, 5.41) is 22.3. The molecule has 0 heterocycles. The Bertz CT molecular complexity index is 337. The second kappa shape index (κ2) is 7.62. The van der Waals surface area contributed by atoms with Crippen molar-refractivity contribution in [3.63, 3.8) is 0 Å². The molecule has 5 nitrogen and oxygen atoms in total. The molecular weight excluding hydrogens is 258 g/mol. The van der Waals surface area contributed by atoms with Crippen LogP contribution in [-0.2, 0) is 9.59 Å². The average molecular weight is 285 g/mol. The summed E-state index contributed by atoms with van der Waals surface area (Å²) in [5.41, 5.74) is -0.918. The van der Waals surface area contributed by atoms with Gasteiger partial charge < -0.3 is 15.5 Å². The predicted molar refractivity (Wildman–Crippen MR) is 76.3 cm³/mol. The molecule has 1 aliphatic rings. The van der Waals surface area contributed by atoms with Crippen molar-refractivity contribution in [1.82, 2.24) is 5.32 Å². The molecule has 1 amide bonds. The zero-order valence-corrected chi connectivity index (χ0v) is 12.5. The fraction of sp³-hybridized carbons (Fsp3) is 0.867. The Morgan fingerprint density at radius 2 is 1.80 bits per heavy atom. The lowest BCUT2D eigenvalue weighted by atomic mass is 9.89. The molecular formula is C15H27NO4. The fourth-order valence-electron chi connectivity index (χ4n) is 3.15. The maximum Gasteiger partial charge on any atom is 0.306 e. The van der Waals surface area contributed by atoms with Crippen LogP contribution in [0.15, 0.2) is 0 Å². The van der Waals surface area contributed by atoms with Gasteiger partial charge >= 0.3 is 5.97 Å². The van der Waals surface area contributed by atoms with Gasteiger partial charge in [0.15, 0.2) is 0 Å². The van der Waals surface area contributed by atoms with Crippen molar-refractivity contribution in [2.45, 2.75) is 76.9 Å². The molecule has 2 atom stereocenters. The SMILES string of the molecule is CCCC(O)(CCC)CC(=O)N[C@H]1CC[C@@H](C(=O)O)C1. The van der Waals surface area contributed by atoms with Crippen LogP contribution in [0.5, 0.6) is 0 Å². The van der Waals surface area contributed by atoms with Gasteiger partial charge in [-0.2, -0.15) is 0 Å². The summed E-state index contributed by atoms with van der Waals surface area (Å²) < 4.78 is 0. The maximum absolute atomic E-state index is 12.0. The highest BCUT2D eigenvalue weighted by molar-refractivity contribution is 5.77. The van der Waals surface area contributed by atoms with Gasteiger partial charge in [0.1, 0.15) is 0 Å². The topological polar surface area (TPSA) is 86.6 Å². The van der Waals surface area contributed by atoms with Crippen molar-refractivity contribution >= 4 is 11.9 Å². The first kappa shape index (κ1) is 17.0. The number of aliphatic hydroxyl groups is 1. The Balaban J connectivity index is 2.44. The largest absolute Gasteiger partial charge is 0.481 e. The first-order valence-corrected chi connectivity index (χ1v) is 7.64. The third-order valence-corrected chi connectivity index (χ3v) is 4.07. The van der Waals surface area contributed by atoms with Gasteiger partial charge in [-0.05, 0) is 32.1 Å². The smallest absolute Gasteiger partial charge is 0.306 e. The average Bonchev–Trinajstić information content (AvgIpc) is 2.77. The van der Waals surface area contributed by atoms with Crippen LogP contribution in [0.2, 0.25) is 0 Å². The number of rotatable bonds is 8. The lowest BCUT2D eigenvalue weighted by Gasteiger charge is -2.27. The zero-order valence-electron chi connectivity index (χ0n) is 12.5. The number of hydrogen-bond acceptors (Lipinski definition) is 3. The molecule has 1 saturated carbocycles. The zero-order chi connectivity index (χ0) is 15.2. The van der Waals surface area contributed by atoms with Crippen LogP contribution in [0, 0.1) is 5.92 Å². The first-order valence-electron chi connectivity index (χ1n) is 7.64. The third kappa shape index (κ3) is 5.12. The summed E-state index contributed by atoms with van der Waals surface area (Å²) in [6.07, 6.45) is 4.87. The molecule has 0 bridgehead atoms. The molecule has 3 N–H and O–H groups in total. The van der Waals surface area contributed by atoms with Gasteiger partial charge in [0.05, 0.1) is 17.9 Å². The van der Waals surface area contributed by atoms with E-state index < -0.39 is 11.6 Å². The maximum atomic E-state index is 12.0. The first-order chi connectivity index (χ1) is 9.40. The normalized spacial score (nSPS) is 22.8. The summed E-state index contributed by atoms with van der Waals surface area (Å²) in [6, 6.07) is -0.0592. The van der Waals surface area contributed by atoms with Gasteiger partial charge in [-0.1, -0.05) is 26.7 Å². The second-order valence-electron chi connectivity index (χ2n) is 6.01. The molecule has 116 valence electrons. The minimum atomic E-state index is -0.918. The van der Waals surface area contributed by atoms with Crippen molar-refractivity contribution in [1.29, 1.82) is 0 Å². The molecule has 0 aromatic heterocycles. The van der Waals surface area contributed by atoms with E-state index in [0.29, 0.717) is 32.1 Å². The minimum Gasteiger partial charge on any atom is -0.481 e. The number of amides is 1. The van der Waals surface area contributed by atoms with E-state index in [1.54, 1.807) is 0 Å². The Labute approximate surface area is 120 Å². The van der Waals surface area contributed by atoms with Gasteiger partial charge in [-0.25, -0.2) is 0 Å². The molecule has 0 saturated heterocycles. The molecule has 20 heavy (non-hydrogen) atoms. The van der Waals surface area contributed by atoms with Crippen molar-refractivity contribution in [2.24, 2.45) is 5.92 Å².